The lowest BCUT2D eigenvalue weighted by Gasteiger charge is -2.24. The van der Waals surface area contributed by atoms with Crippen LogP contribution in [0, 0.1) is 0 Å². The molecule has 0 aliphatic carbocycles. The molecule has 4 atom stereocenters. The third-order valence-corrected chi connectivity index (χ3v) is 9.96. The van der Waals surface area contributed by atoms with Gasteiger partial charge in [-0.05, 0) is 26.7 Å². The van der Waals surface area contributed by atoms with E-state index in [9.17, 15) is 9.46 Å². The van der Waals surface area contributed by atoms with E-state index in [1.165, 1.54) is 89.9 Å². The first kappa shape index (κ1) is 47.5. The van der Waals surface area contributed by atoms with Gasteiger partial charge in [-0.25, -0.2) is 14.3 Å². The lowest BCUT2D eigenvalue weighted by molar-refractivity contribution is -0.385. The molecule has 0 radical (unpaired) electrons. The predicted molar refractivity (Wildman–Crippen MR) is 210 cm³/mol. The third-order valence-electron chi connectivity index (χ3n) is 8.71. The molecule has 0 aliphatic heterocycles. The van der Waals surface area contributed by atoms with E-state index < -0.39 is 32.6 Å². The second-order valence-corrected chi connectivity index (χ2v) is 15.3. The van der Waals surface area contributed by atoms with Gasteiger partial charge in [0.05, 0.1) is 38.6 Å². The van der Waals surface area contributed by atoms with E-state index in [0.29, 0.717) is 13.2 Å². The predicted octanol–water partition coefficient (Wildman–Crippen LogP) is 12.3. The number of phosphoric acid groups is 1. The fraction of sp³-hybridized carbons (Fsp3) is 0.714. The summed E-state index contributed by atoms with van der Waals surface area (Å²) in [5, 5.41) is 0. The molecule has 4 unspecified atom stereocenters. The highest BCUT2D eigenvalue weighted by molar-refractivity contribution is 7.47. The normalized spacial score (nSPS) is 15.2. The standard InChI is InChI=1S/C42H71O10P/c1-5-7-9-11-13-15-17-19-27-33-47-49-41(39-29-23-21-24-30-39)45-35-37(3)51-53(43,44)52-38(4)36-46-42(40-31-25-22-26-32-40)50-48-34-28-20-18-16-14-12-10-8-6-2/h21-26,29-32,37-38,41-42H,5-20,27-28,33-36H2,1-4H3,(H,43,44). The van der Waals surface area contributed by atoms with Gasteiger partial charge < -0.3 is 14.4 Å². The highest BCUT2D eigenvalue weighted by Gasteiger charge is 2.29. The van der Waals surface area contributed by atoms with Gasteiger partial charge >= 0.3 is 7.82 Å². The van der Waals surface area contributed by atoms with E-state index in [0.717, 1.165) is 36.8 Å². The first-order valence-electron chi connectivity index (χ1n) is 20.4. The Hall–Kier alpha value is -1.69. The Balaban J connectivity index is 1.71. The average molecular weight is 767 g/mol. The molecule has 0 spiro atoms. The molecular weight excluding hydrogens is 695 g/mol. The topological polar surface area (TPSA) is 111 Å². The molecule has 2 rings (SSSR count). The lowest BCUT2D eigenvalue weighted by Crippen LogP contribution is -2.22. The molecule has 53 heavy (non-hydrogen) atoms. The Bertz CT molecular complexity index is 1060. The number of benzene rings is 2. The van der Waals surface area contributed by atoms with Gasteiger partial charge in [0.15, 0.2) is 0 Å². The zero-order valence-electron chi connectivity index (χ0n) is 33.2. The van der Waals surface area contributed by atoms with Crippen LogP contribution in [0.1, 0.15) is 167 Å². The van der Waals surface area contributed by atoms with Gasteiger partial charge in [0.25, 0.3) is 0 Å². The minimum absolute atomic E-state index is 0.0417. The Kier molecular flexibility index (Phi) is 28.2. The van der Waals surface area contributed by atoms with Crippen molar-refractivity contribution in [1.82, 2.24) is 0 Å². The summed E-state index contributed by atoms with van der Waals surface area (Å²) in [5.74, 6) is 0. The molecule has 0 saturated carbocycles. The maximum absolute atomic E-state index is 12.9. The van der Waals surface area contributed by atoms with Crippen LogP contribution in [0.3, 0.4) is 0 Å². The van der Waals surface area contributed by atoms with Crippen molar-refractivity contribution in [3.05, 3.63) is 71.8 Å². The molecule has 1 N–H and O–H groups in total. The fourth-order valence-electron chi connectivity index (χ4n) is 5.73. The summed E-state index contributed by atoms with van der Waals surface area (Å²) in [4.78, 5) is 32.8. The highest BCUT2D eigenvalue weighted by atomic mass is 31.2. The van der Waals surface area contributed by atoms with Gasteiger partial charge in [-0.1, -0.05) is 177 Å². The maximum Gasteiger partial charge on any atom is 0.472 e. The van der Waals surface area contributed by atoms with Crippen molar-refractivity contribution in [2.75, 3.05) is 26.4 Å². The van der Waals surface area contributed by atoms with Crippen LogP contribution >= 0.6 is 7.82 Å². The van der Waals surface area contributed by atoms with E-state index in [2.05, 4.69) is 13.8 Å². The smallest absolute Gasteiger partial charge is 0.343 e. The Morgan fingerprint density at radius 2 is 0.830 bits per heavy atom. The summed E-state index contributed by atoms with van der Waals surface area (Å²) in [6, 6.07) is 18.8. The second-order valence-electron chi connectivity index (χ2n) is 13.9. The largest absolute Gasteiger partial charge is 0.472 e. The molecule has 0 aromatic heterocycles. The summed E-state index contributed by atoms with van der Waals surface area (Å²) in [6.07, 6.45) is 18.7. The second kappa shape index (κ2) is 31.5. The molecule has 2 aromatic carbocycles. The monoisotopic (exact) mass is 766 g/mol. The van der Waals surface area contributed by atoms with E-state index in [1.54, 1.807) is 13.8 Å². The van der Waals surface area contributed by atoms with Crippen LogP contribution in [0.4, 0.5) is 0 Å². The summed E-state index contributed by atoms with van der Waals surface area (Å²) in [7, 11) is -4.47. The minimum atomic E-state index is -4.47. The average Bonchev–Trinajstić information content (AvgIpc) is 3.15. The van der Waals surface area contributed by atoms with Crippen molar-refractivity contribution in [3.63, 3.8) is 0 Å². The van der Waals surface area contributed by atoms with Crippen LogP contribution in [0.15, 0.2) is 60.7 Å². The van der Waals surface area contributed by atoms with E-state index >= 15 is 0 Å². The number of ether oxygens (including phenoxy) is 2. The first-order chi connectivity index (χ1) is 25.8. The van der Waals surface area contributed by atoms with Crippen LogP contribution < -0.4 is 0 Å². The molecule has 2 aromatic rings. The number of hydrogen-bond donors (Lipinski definition) is 1. The Morgan fingerprint density at radius 1 is 0.509 bits per heavy atom. The van der Waals surface area contributed by atoms with Crippen molar-refractivity contribution in [3.8, 4) is 0 Å². The van der Waals surface area contributed by atoms with Crippen molar-refractivity contribution in [1.29, 1.82) is 0 Å². The molecule has 0 amide bonds. The molecule has 0 aliphatic rings. The molecule has 11 heteroatoms. The Morgan fingerprint density at radius 3 is 1.17 bits per heavy atom. The third kappa shape index (κ3) is 25.2. The van der Waals surface area contributed by atoms with E-state index in [-0.39, 0.29) is 13.2 Å². The molecule has 0 bridgehead atoms. The molecule has 0 heterocycles. The van der Waals surface area contributed by atoms with Crippen molar-refractivity contribution < 1.29 is 47.5 Å². The van der Waals surface area contributed by atoms with Crippen LogP contribution in [-0.2, 0) is 42.6 Å². The highest BCUT2D eigenvalue weighted by Crippen LogP contribution is 2.46. The number of hydrogen-bond acceptors (Lipinski definition) is 9. The van der Waals surface area contributed by atoms with Crippen LogP contribution in [0.5, 0.6) is 0 Å². The van der Waals surface area contributed by atoms with Crippen molar-refractivity contribution in [2.24, 2.45) is 0 Å². The summed E-state index contributed by atoms with van der Waals surface area (Å²) in [6.45, 7) is 8.55. The first-order valence-corrected chi connectivity index (χ1v) is 21.9. The zero-order valence-corrected chi connectivity index (χ0v) is 34.1. The van der Waals surface area contributed by atoms with Crippen LogP contribution in [-0.4, -0.2) is 43.5 Å². The Labute approximate surface area is 321 Å². The van der Waals surface area contributed by atoms with E-state index in [4.69, 9.17) is 38.1 Å². The van der Waals surface area contributed by atoms with Gasteiger partial charge in [0, 0.05) is 11.1 Å². The quantitative estimate of drug-likeness (QED) is 0.0236. The summed E-state index contributed by atoms with van der Waals surface area (Å²) >= 11 is 0. The number of rotatable bonds is 36. The SMILES string of the molecule is CCCCCCCCCCCOOC(OCC(C)OP(=O)(O)OC(C)COC(OOCCCCCCCCCCC)c1ccccc1)c1ccccc1. The van der Waals surface area contributed by atoms with Gasteiger partial charge in [0.2, 0.25) is 12.6 Å². The van der Waals surface area contributed by atoms with E-state index in [1.807, 2.05) is 60.7 Å². The fourth-order valence-corrected chi connectivity index (χ4v) is 6.81. The van der Waals surface area contributed by atoms with Crippen LogP contribution in [0.25, 0.3) is 0 Å². The molecule has 304 valence electrons. The van der Waals surface area contributed by atoms with Gasteiger partial charge in [-0.15, -0.1) is 0 Å². The summed E-state index contributed by atoms with van der Waals surface area (Å²) < 4.78 is 35.6. The van der Waals surface area contributed by atoms with Gasteiger partial charge in [-0.2, -0.15) is 9.78 Å². The molecular formula is C42H71O10P. The summed E-state index contributed by atoms with van der Waals surface area (Å²) in [5.41, 5.74) is 1.52. The lowest BCUT2D eigenvalue weighted by atomic mass is 10.1. The van der Waals surface area contributed by atoms with Crippen molar-refractivity contribution >= 4 is 7.82 Å². The van der Waals surface area contributed by atoms with Gasteiger partial charge in [-0.3, -0.25) is 9.05 Å². The zero-order chi connectivity index (χ0) is 38.2. The van der Waals surface area contributed by atoms with Gasteiger partial charge in [0.1, 0.15) is 0 Å². The molecule has 0 saturated heterocycles. The number of phosphoric ester groups is 1. The molecule has 0 fully saturated rings. The number of unbranched alkanes of at least 4 members (excludes halogenated alkanes) is 16. The minimum Gasteiger partial charge on any atom is -0.343 e. The van der Waals surface area contributed by atoms with Crippen LogP contribution in [0.2, 0.25) is 0 Å². The molecule has 10 nitrogen and oxygen atoms in total. The van der Waals surface area contributed by atoms with Crippen molar-refractivity contribution in [2.45, 2.75) is 168 Å². The maximum atomic E-state index is 12.9.